The molecule has 0 aliphatic carbocycles. The fourth-order valence-corrected chi connectivity index (χ4v) is 2.51. The third kappa shape index (κ3) is 6.63. The van der Waals surface area contributed by atoms with Crippen LogP contribution < -0.4 is 5.32 Å². The second kappa shape index (κ2) is 10.3. The van der Waals surface area contributed by atoms with Crippen LogP contribution in [0.1, 0.15) is 12.8 Å². The number of nitrogens with zero attached hydrogens (tertiary/aromatic N) is 7. The van der Waals surface area contributed by atoms with Crippen LogP contribution in [0.25, 0.3) is 20.9 Å². The van der Waals surface area contributed by atoms with Gasteiger partial charge in [0.25, 0.3) is 0 Å². The van der Waals surface area contributed by atoms with Gasteiger partial charge in [-0.25, -0.2) is 0 Å². The summed E-state index contributed by atoms with van der Waals surface area (Å²) >= 11 is 0. The van der Waals surface area contributed by atoms with Crippen molar-refractivity contribution in [1.29, 1.82) is 0 Å². The molecule has 12 heteroatoms. The predicted molar refractivity (Wildman–Crippen MR) is 85.4 cm³/mol. The Morgan fingerprint density at radius 1 is 1.13 bits per heavy atom. The summed E-state index contributed by atoms with van der Waals surface area (Å²) in [6, 6.07) is -0.578. The average Bonchev–Trinajstić information content (AvgIpc) is 2.52. The fraction of sp³-hybridized carbons (Fsp3) is 1.00. The maximum Gasteiger partial charge on any atom is 0.376 e. The van der Waals surface area contributed by atoms with E-state index in [-0.39, 0.29) is 12.1 Å². The van der Waals surface area contributed by atoms with Crippen LogP contribution >= 0.6 is 0 Å². The van der Waals surface area contributed by atoms with Crippen molar-refractivity contribution in [2.24, 2.45) is 10.2 Å². The zero-order valence-corrected chi connectivity index (χ0v) is 13.1. The minimum atomic E-state index is -0.667. The molecule has 2 heterocycles. The molecule has 0 amide bonds. The van der Waals surface area contributed by atoms with Crippen LogP contribution in [0, 0.1) is 0 Å². The summed E-state index contributed by atoms with van der Waals surface area (Å²) in [4.78, 5) is 7.05. The molecular formula is C11H23BN8O3. The van der Waals surface area contributed by atoms with Crippen molar-refractivity contribution in [3.8, 4) is 0 Å². The third-order valence-electron chi connectivity index (χ3n) is 3.92. The van der Waals surface area contributed by atoms with E-state index in [0.29, 0.717) is 26.1 Å². The van der Waals surface area contributed by atoms with Gasteiger partial charge >= 0.3 is 7.05 Å². The van der Waals surface area contributed by atoms with Gasteiger partial charge < -0.3 is 25.4 Å². The highest BCUT2D eigenvalue weighted by Crippen LogP contribution is 2.14. The van der Waals surface area contributed by atoms with Gasteiger partial charge in [-0.2, -0.15) is 0 Å². The van der Waals surface area contributed by atoms with Gasteiger partial charge in [0, 0.05) is 22.9 Å². The van der Waals surface area contributed by atoms with Crippen molar-refractivity contribution >= 4 is 7.05 Å². The molecule has 2 aliphatic rings. The lowest BCUT2D eigenvalue weighted by Gasteiger charge is -2.34. The normalized spacial score (nSPS) is 31.0. The molecule has 23 heavy (non-hydrogen) atoms. The Hall–Kier alpha value is -1.52. The molecule has 128 valence electrons. The molecule has 0 aromatic heterocycles. The van der Waals surface area contributed by atoms with Gasteiger partial charge in [0.15, 0.2) is 0 Å². The molecular weight excluding hydrogens is 303 g/mol. The Bertz CT molecular complexity index is 455. The van der Waals surface area contributed by atoms with Crippen molar-refractivity contribution in [3.05, 3.63) is 20.9 Å². The van der Waals surface area contributed by atoms with Gasteiger partial charge in [-0.15, -0.1) is 0 Å². The predicted octanol–water partition coefficient (Wildman–Crippen LogP) is -0.138. The number of nitrogens with one attached hydrogen (secondary N) is 1. The van der Waals surface area contributed by atoms with Crippen LogP contribution in [0.4, 0.5) is 0 Å². The molecule has 0 saturated carbocycles. The number of β-amino-alcohol motifs (C(OH)–C–C–N with tert-alkyl or cyclic N) is 2. The molecule has 0 aromatic carbocycles. The summed E-state index contributed by atoms with van der Waals surface area (Å²) in [5, 5.41) is 37.8. The maximum atomic E-state index is 9.50. The van der Waals surface area contributed by atoms with E-state index in [2.05, 4.69) is 25.4 Å². The van der Waals surface area contributed by atoms with E-state index in [1.807, 2.05) is 0 Å². The van der Waals surface area contributed by atoms with Crippen LogP contribution in [-0.2, 0) is 0 Å². The van der Waals surface area contributed by atoms with Crippen molar-refractivity contribution in [3.63, 3.8) is 0 Å². The van der Waals surface area contributed by atoms with Crippen molar-refractivity contribution < 1.29 is 15.2 Å². The van der Waals surface area contributed by atoms with E-state index in [0.717, 1.165) is 13.0 Å². The first-order chi connectivity index (χ1) is 11.0. The number of rotatable bonds is 3. The molecule has 0 aromatic rings. The molecule has 0 unspecified atom stereocenters. The van der Waals surface area contributed by atoms with Crippen LogP contribution in [0.2, 0.25) is 6.82 Å². The summed E-state index contributed by atoms with van der Waals surface area (Å²) in [7, 11) is -0.554. The van der Waals surface area contributed by atoms with Gasteiger partial charge in [0.1, 0.15) is 0 Å². The Balaban J connectivity index is 0.000000238. The highest BCUT2D eigenvalue weighted by atomic mass is 16.3. The van der Waals surface area contributed by atoms with Gasteiger partial charge in [-0.05, 0) is 43.8 Å². The van der Waals surface area contributed by atoms with Crippen molar-refractivity contribution in [1.82, 2.24) is 10.1 Å². The van der Waals surface area contributed by atoms with Gasteiger partial charge in [-0.1, -0.05) is 10.2 Å². The number of hydrogen-bond acceptors (Lipinski definition) is 7. The lowest BCUT2D eigenvalue weighted by molar-refractivity contribution is 0.0810. The number of azide groups is 2. The number of piperidine rings is 2. The first kappa shape index (κ1) is 19.5. The highest BCUT2D eigenvalue weighted by molar-refractivity contribution is 6.45. The van der Waals surface area contributed by atoms with Gasteiger partial charge in [0.05, 0.1) is 24.3 Å². The third-order valence-corrected chi connectivity index (χ3v) is 3.92. The highest BCUT2D eigenvalue weighted by Gasteiger charge is 2.29. The molecule has 11 nitrogen and oxygen atoms in total. The van der Waals surface area contributed by atoms with Crippen molar-refractivity contribution in [2.75, 3.05) is 26.2 Å². The molecule has 4 N–H and O–H groups in total. The topological polar surface area (TPSA) is 173 Å². The Morgan fingerprint density at radius 3 is 2.22 bits per heavy atom. The van der Waals surface area contributed by atoms with E-state index in [1.165, 1.54) is 0 Å². The summed E-state index contributed by atoms with van der Waals surface area (Å²) in [6.07, 6.45) is 0.144. The van der Waals surface area contributed by atoms with Crippen LogP contribution in [-0.4, -0.2) is 77.6 Å². The number of aliphatic hydroxyl groups is 2. The fourth-order valence-electron chi connectivity index (χ4n) is 2.51. The zero-order valence-electron chi connectivity index (χ0n) is 13.1. The first-order valence-electron chi connectivity index (χ1n) is 7.57. The summed E-state index contributed by atoms with van der Waals surface area (Å²) in [6.45, 7) is 4.02. The van der Waals surface area contributed by atoms with E-state index < -0.39 is 19.3 Å². The summed E-state index contributed by atoms with van der Waals surface area (Å²) in [5.74, 6) is 0. The largest absolute Gasteiger partial charge is 0.437 e. The van der Waals surface area contributed by atoms with Crippen molar-refractivity contribution in [2.45, 2.75) is 44.0 Å². The van der Waals surface area contributed by atoms with Crippen LogP contribution in [0.3, 0.4) is 0 Å². The van der Waals surface area contributed by atoms with E-state index in [1.54, 1.807) is 11.6 Å². The minimum Gasteiger partial charge on any atom is -0.437 e. The first-order valence-corrected chi connectivity index (χ1v) is 7.57. The molecule has 2 aliphatic heterocycles. The smallest absolute Gasteiger partial charge is 0.376 e. The van der Waals surface area contributed by atoms with E-state index in [9.17, 15) is 15.2 Å². The quantitative estimate of drug-likeness (QED) is 0.244. The van der Waals surface area contributed by atoms with Crippen LogP contribution in [0.15, 0.2) is 10.2 Å². The molecule has 2 saturated heterocycles. The van der Waals surface area contributed by atoms with Gasteiger partial charge in [-0.3, -0.25) is 0 Å². The van der Waals surface area contributed by atoms with Crippen LogP contribution in [0.5, 0.6) is 0 Å². The summed E-state index contributed by atoms with van der Waals surface area (Å²) in [5.41, 5.74) is 16.3. The Labute approximate surface area is 134 Å². The standard InChI is InChI=1S/C6H13BN4O2.C5H10N4O/c1-7(13)11-3-2-5(9-10-8)6(12)4-11;6-9-8-4-1-2-7-3-5(4)10/h5-6,12-13H,2-4H2,1H3;4-5,7,10H,1-3H2/t5-,6-;4-,5-/m11/s1. The Morgan fingerprint density at radius 2 is 1.74 bits per heavy atom. The lowest BCUT2D eigenvalue weighted by Crippen LogP contribution is -2.51. The molecule has 0 spiro atoms. The average molecular weight is 326 g/mol. The minimum absolute atomic E-state index is 0.230. The van der Waals surface area contributed by atoms with Gasteiger partial charge in [0.2, 0.25) is 0 Å². The zero-order chi connectivity index (χ0) is 17.2. The van der Waals surface area contributed by atoms with E-state index >= 15 is 0 Å². The molecule has 2 fully saturated rings. The molecule has 0 radical (unpaired) electrons. The Kier molecular flexibility index (Phi) is 8.74. The SMILES string of the molecule is CB(O)N1CC[C@@H](N=[N+]=[N-])[C@H](O)C1.[N-]=[N+]=N[C@@H]1CCNC[C@H]1O. The molecule has 0 bridgehead atoms. The number of hydrogen-bond donors (Lipinski definition) is 4. The monoisotopic (exact) mass is 326 g/mol. The maximum absolute atomic E-state index is 9.50. The number of aliphatic hydroxyl groups excluding tert-OH is 2. The molecule has 2 rings (SSSR count). The second-order valence-corrected chi connectivity index (χ2v) is 5.59. The van der Waals surface area contributed by atoms with E-state index in [4.69, 9.17) is 11.1 Å². The summed E-state index contributed by atoms with van der Waals surface area (Å²) < 4.78 is 0. The second-order valence-electron chi connectivity index (χ2n) is 5.59. The lowest BCUT2D eigenvalue weighted by atomic mass is 9.82. The molecule has 4 atom stereocenters.